The van der Waals surface area contributed by atoms with Crippen molar-refractivity contribution in [3.05, 3.63) is 12.4 Å². The van der Waals surface area contributed by atoms with Gasteiger partial charge in [-0.3, -0.25) is 9.78 Å². The Balaban J connectivity index is 1.75. The summed E-state index contributed by atoms with van der Waals surface area (Å²) in [6.07, 6.45) is 9.68. The van der Waals surface area contributed by atoms with Crippen LogP contribution >= 0.6 is 11.8 Å². The molecule has 1 saturated carbocycles. The van der Waals surface area contributed by atoms with E-state index in [2.05, 4.69) is 20.2 Å². The highest BCUT2D eigenvalue weighted by Crippen LogP contribution is 2.26. The van der Waals surface area contributed by atoms with Gasteiger partial charge >= 0.3 is 0 Å². The summed E-state index contributed by atoms with van der Waals surface area (Å²) in [5.74, 6) is 0.969. The zero-order valence-electron chi connectivity index (χ0n) is 11.0. The van der Waals surface area contributed by atoms with Crippen LogP contribution in [0.2, 0.25) is 0 Å². The Morgan fingerprint density at radius 1 is 1.42 bits per heavy atom. The Morgan fingerprint density at radius 3 is 3.00 bits per heavy atom. The zero-order valence-corrected chi connectivity index (χ0v) is 11.8. The van der Waals surface area contributed by atoms with Gasteiger partial charge in [0.2, 0.25) is 5.91 Å². The number of amides is 1. The molecule has 1 saturated heterocycles. The maximum absolute atomic E-state index is 12.2. The van der Waals surface area contributed by atoms with Crippen LogP contribution in [0.5, 0.6) is 0 Å². The van der Waals surface area contributed by atoms with E-state index >= 15 is 0 Å². The molecule has 2 aliphatic rings. The first kappa shape index (κ1) is 12.7. The predicted octanol–water partition coefficient (Wildman–Crippen LogP) is 1.45. The van der Waals surface area contributed by atoms with Gasteiger partial charge in [0.1, 0.15) is 16.9 Å². The Hall–Kier alpha value is -1.30. The lowest BCUT2D eigenvalue weighted by molar-refractivity contribution is -0.122. The van der Waals surface area contributed by atoms with Crippen molar-refractivity contribution in [2.75, 3.05) is 17.7 Å². The van der Waals surface area contributed by atoms with Crippen LogP contribution in [0.4, 0.5) is 5.82 Å². The number of hydrogen-bond acceptors (Lipinski definition) is 5. The van der Waals surface area contributed by atoms with E-state index in [1.54, 1.807) is 24.2 Å². The molecule has 1 atom stereocenters. The fourth-order valence-electron chi connectivity index (χ4n) is 2.41. The van der Waals surface area contributed by atoms with Crippen molar-refractivity contribution >= 4 is 23.5 Å². The maximum atomic E-state index is 12.2. The monoisotopic (exact) mass is 278 g/mol. The van der Waals surface area contributed by atoms with E-state index < -0.39 is 0 Å². The number of carbonyl (C=O) groups excluding carboxylic acids is 1. The van der Waals surface area contributed by atoms with Gasteiger partial charge in [-0.25, -0.2) is 4.98 Å². The van der Waals surface area contributed by atoms with E-state index in [9.17, 15) is 4.79 Å². The third kappa shape index (κ3) is 2.83. The molecule has 1 amide bonds. The van der Waals surface area contributed by atoms with Gasteiger partial charge in [-0.2, -0.15) is 0 Å². The minimum Gasteiger partial charge on any atom is -0.352 e. The fourth-order valence-corrected chi connectivity index (χ4v) is 2.76. The smallest absolute Gasteiger partial charge is 0.242 e. The molecule has 2 heterocycles. The number of thioether (sulfide) groups is 1. The van der Waals surface area contributed by atoms with Crippen LogP contribution in [0.3, 0.4) is 0 Å². The van der Waals surface area contributed by atoms with Crippen molar-refractivity contribution in [1.29, 1.82) is 0 Å². The van der Waals surface area contributed by atoms with E-state index in [4.69, 9.17) is 0 Å². The Labute approximate surface area is 117 Å². The van der Waals surface area contributed by atoms with Crippen LogP contribution in [-0.4, -0.2) is 40.8 Å². The highest BCUT2D eigenvalue weighted by atomic mass is 32.2. The van der Waals surface area contributed by atoms with Crippen LogP contribution in [0.25, 0.3) is 0 Å². The molecule has 1 aliphatic heterocycles. The molecular formula is C13H18N4OS. The van der Waals surface area contributed by atoms with Gasteiger partial charge in [-0.05, 0) is 31.9 Å². The number of rotatable bonds is 4. The molecule has 19 heavy (non-hydrogen) atoms. The van der Waals surface area contributed by atoms with Crippen LogP contribution in [0.1, 0.15) is 25.7 Å². The van der Waals surface area contributed by atoms with Crippen LogP contribution < -0.4 is 10.2 Å². The first-order chi connectivity index (χ1) is 9.28. The number of anilines is 1. The third-order valence-corrected chi connectivity index (χ3v) is 4.20. The van der Waals surface area contributed by atoms with Crippen LogP contribution in [0.15, 0.2) is 17.4 Å². The molecule has 0 aromatic carbocycles. The van der Waals surface area contributed by atoms with E-state index in [0.29, 0.717) is 6.04 Å². The van der Waals surface area contributed by atoms with E-state index in [0.717, 1.165) is 43.1 Å². The quantitative estimate of drug-likeness (QED) is 0.845. The number of nitrogens with zero attached hydrogens (tertiary/aromatic N) is 3. The Kier molecular flexibility index (Phi) is 3.59. The summed E-state index contributed by atoms with van der Waals surface area (Å²) >= 11 is 1.57. The molecule has 1 aromatic heterocycles. The number of carbonyl (C=O) groups is 1. The molecule has 1 N–H and O–H groups in total. The summed E-state index contributed by atoms with van der Waals surface area (Å²) in [4.78, 5) is 23.1. The van der Waals surface area contributed by atoms with E-state index in [1.165, 1.54) is 0 Å². The molecule has 2 fully saturated rings. The molecule has 102 valence electrons. The molecule has 3 rings (SSSR count). The molecule has 0 unspecified atom stereocenters. The van der Waals surface area contributed by atoms with E-state index in [1.807, 2.05) is 6.26 Å². The lowest BCUT2D eigenvalue weighted by Gasteiger charge is -2.24. The average molecular weight is 278 g/mol. The normalized spacial score (nSPS) is 22.6. The largest absolute Gasteiger partial charge is 0.352 e. The van der Waals surface area contributed by atoms with Crippen LogP contribution in [0, 0.1) is 0 Å². The first-order valence-electron chi connectivity index (χ1n) is 6.71. The minimum absolute atomic E-state index is 0.0768. The Bertz CT molecular complexity index is 477. The van der Waals surface area contributed by atoms with Crippen molar-refractivity contribution in [2.24, 2.45) is 0 Å². The topological polar surface area (TPSA) is 58.1 Å². The summed E-state index contributed by atoms with van der Waals surface area (Å²) < 4.78 is 0. The van der Waals surface area contributed by atoms with Gasteiger partial charge in [0.15, 0.2) is 0 Å². The van der Waals surface area contributed by atoms with Crippen molar-refractivity contribution in [2.45, 2.75) is 42.8 Å². The second-order valence-electron chi connectivity index (χ2n) is 5.05. The molecular weight excluding hydrogens is 260 g/mol. The van der Waals surface area contributed by atoms with Gasteiger partial charge in [-0.15, -0.1) is 11.8 Å². The summed E-state index contributed by atoms with van der Waals surface area (Å²) in [6, 6.07) is 0.338. The average Bonchev–Trinajstić information content (AvgIpc) is 3.11. The van der Waals surface area contributed by atoms with Gasteiger partial charge < -0.3 is 10.2 Å². The molecule has 0 bridgehead atoms. The molecule has 1 aliphatic carbocycles. The molecule has 1 aromatic rings. The van der Waals surface area contributed by atoms with Crippen molar-refractivity contribution in [1.82, 2.24) is 15.3 Å². The standard InChI is InChI=1S/C13H18N4OS/c1-19-12-8-14-7-11(16-12)17-6-2-3-10(17)13(18)15-9-4-5-9/h7-10H,2-6H2,1H3,(H,15,18)/t10-/m0/s1. The highest BCUT2D eigenvalue weighted by Gasteiger charge is 2.34. The number of hydrogen-bond donors (Lipinski definition) is 1. The minimum atomic E-state index is -0.0768. The number of aromatic nitrogens is 2. The van der Waals surface area contributed by atoms with Gasteiger partial charge in [0.25, 0.3) is 0 Å². The fraction of sp³-hybridized carbons (Fsp3) is 0.615. The van der Waals surface area contributed by atoms with Crippen molar-refractivity contribution < 1.29 is 4.79 Å². The SMILES string of the molecule is CSc1cncc(N2CCC[C@H]2C(=O)NC2CC2)n1. The van der Waals surface area contributed by atoms with Gasteiger partial charge in [0, 0.05) is 12.6 Å². The van der Waals surface area contributed by atoms with Crippen molar-refractivity contribution in [3.8, 4) is 0 Å². The Morgan fingerprint density at radius 2 is 2.26 bits per heavy atom. The second kappa shape index (κ2) is 5.36. The number of nitrogens with one attached hydrogen (secondary N) is 1. The third-order valence-electron chi connectivity index (χ3n) is 3.58. The molecule has 5 nitrogen and oxygen atoms in total. The lowest BCUT2D eigenvalue weighted by Crippen LogP contribution is -2.44. The summed E-state index contributed by atoms with van der Waals surface area (Å²) in [6.45, 7) is 0.884. The lowest BCUT2D eigenvalue weighted by atomic mass is 10.2. The highest BCUT2D eigenvalue weighted by molar-refractivity contribution is 7.98. The molecule has 0 radical (unpaired) electrons. The summed E-state index contributed by atoms with van der Waals surface area (Å²) in [5.41, 5.74) is 0. The van der Waals surface area contributed by atoms with Crippen molar-refractivity contribution in [3.63, 3.8) is 0 Å². The summed E-state index contributed by atoms with van der Waals surface area (Å²) in [5, 5.41) is 3.98. The summed E-state index contributed by atoms with van der Waals surface area (Å²) in [7, 11) is 0. The molecule has 6 heteroatoms. The second-order valence-corrected chi connectivity index (χ2v) is 5.88. The van der Waals surface area contributed by atoms with Gasteiger partial charge in [0.05, 0.1) is 12.4 Å². The predicted molar refractivity (Wildman–Crippen MR) is 75.3 cm³/mol. The molecule has 0 spiro atoms. The van der Waals surface area contributed by atoms with Gasteiger partial charge in [-0.1, -0.05) is 0 Å². The van der Waals surface area contributed by atoms with Crippen LogP contribution in [-0.2, 0) is 4.79 Å². The zero-order chi connectivity index (χ0) is 13.2. The first-order valence-corrected chi connectivity index (χ1v) is 7.93. The van der Waals surface area contributed by atoms with E-state index in [-0.39, 0.29) is 11.9 Å². The maximum Gasteiger partial charge on any atom is 0.242 e.